The van der Waals surface area contributed by atoms with Gasteiger partial charge in [-0.15, -0.1) is 0 Å². The number of pyridine rings is 1. The number of rotatable bonds is 3. The summed E-state index contributed by atoms with van der Waals surface area (Å²) in [6, 6.07) is 5.82. The summed E-state index contributed by atoms with van der Waals surface area (Å²) in [5, 5.41) is 13.5. The first-order valence-corrected chi connectivity index (χ1v) is 9.37. The van der Waals surface area contributed by atoms with Crippen LogP contribution in [0.1, 0.15) is 24.0 Å². The fourth-order valence-corrected chi connectivity index (χ4v) is 3.73. The highest BCUT2D eigenvalue weighted by Crippen LogP contribution is 2.39. The van der Waals surface area contributed by atoms with Gasteiger partial charge in [0.2, 0.25) is 5.65 Å². The molecule has 4 rings (SSSR count). The van der Waals surface area contributed by atoms with Gasteiger partial charge in [-0.05, 0) is 56.6 Å². The van der Waals surface area contributed by atoms with Gasteiger partial charge in [0.05, 0.1) is 11.3 Å². The zero-order chi connectivity index (χ0) is 20.8. The van der Waals surface area contributed by atoms with Gasteiger partial charge in [0.1, 0.15) is 5.75 Å². The second-order valence-corrected chi connectivity index (χ2v) is 7.27. The van der Waals surface area contributed by atoms with Crippen molar-refractivity contribution in [3.8, 4) is 17.0 Å². The van der Waals surface area contributed by atoms with E-state index in [1.54, 1.807) is 12.1 Å². The maximum Gasteiger partial charge on any atom is 0.416 e. The largest absolute Gasteiger partial charge is 0.507 e. The summed E-state index contributed by atoms with van der Waals surface area (Å²) in [6.45, 7) is 3.11. The number of hydrogen-bond acceptors (Lipinski definition) is 6. The van der Waals surface area contributed by atoms with Crippen LogP contribution in [-0.2, 0) is 6.18 Å². The molecule has 2 N–H and O–H groups in total. The molecule has 3 heterocycles. The van der Waals surface area contributed by atoms with Crippen molar-refractivity contribution >= 4 is 17.2 Å². The number of alkyl halides is 3. The minimum Gasteiger partial charge on any atom is -0.507 e. The lowest BCUT2D eigenvalue weighted by Crippen LogP contribution is -2.44. The maximum absolute atomic E-state index is 13.0. The van der Waals surface area contributed by atoms with Crippen LogP contribution < -0.4 is 10.2 Å². The third-order valence-corrected chi connectivity index (χ3v) is 5.24. The van der Waals surface area contributed by atoms with Gasteiger partial charge in [-0.25, -0.2) is 4.98 Å². The molecule has 1 aromatic carbocycles. The molecule has 0 unspecified atom stereocenters. The molecule has 0 saturated carbocycles. The van der Waals surface area contributed by atoms with Crippen LogP contribution in [0.5, 0.6) is 5.75 Å². The molecule has 1 fully saturated rings. The molecule has 0 aliphatic carbocycles. The normalized spacial score (nSPS) is 17.8. The lowest BCUT2D eigenvalue weighted by molar-refractivity contribution is -0.137. The van der Waals surface area contributed by atoms with Crippen molar-refractivity contribution in [2.75, 3.05) is 25.0 Å². The van der Waals surface area contributed by atoms with Crippen molar-refractivity contribution in [1.29, 1.82) is 0 Å². The molecule has 0 spiro atoms. The Balaban J connectivity index is 1.70. The molecule has 1 atom stereocenters. The van der Waals surface area contributed by atoms with Gasteiger partial charge in [0.25, 0.3) is 6.01 Å². The Labute approximate surface area is 165 Å². The number of phenolic OH excluding ortho intramolecular Hbond substituents is 1. The lowest BCUT2D eigenvalue weighted by Gasteiger charge is -2.31. The second kappa shape index (κ2) is 7.22. The van der Waals surface area contributed by atoms with E-state index in [9.17, 15) is 18.3 Å². The number of likely N-dealkylation sites (N-methyl/N-ethyl adjacent to an activating group) is 1. The van der Waals surface area contributed by atoms with E-state index >= 15 is 0 Å². The van der Waals surface area contributed by atoms with E-state index in [0.29, 0.717) is 35.0 Å². The number of benzene rings is 1. The van der Waals surface area contributed by atoms with Gasteiger partial charge in [-0.2, -0.15) is 18.2 Å². The van der Waals surface area contributed by atoms with E-state index in [-0.39, 0.29) is 11.1 Å². The summed E-state index contributed by atoms with van der Waals surface area (Å²) >= 11 is 0. The van der Waals surface area contributed by atoms with E-state index in [1.165, 1.54) is 6.92 Å². The maximum atomic E-state index is 13.0. The number of piperidine rings is 1. The molecule has 0 radical (unpaired) electrons. The van der Waals surface area contributed by atoms with E-state index in [4.69, 9.17) is 4.42 Å². The monoisotopic (exact) mass is 406 g/mol. The van der Waals surface area contributed by atoms with Crippen LogP contribution in [0.3, 0.4) is 0 Å². The molecule has 3 aromatic rings. The van der Waals surface area contributed by atoms with Crippen LogP contribution in [0.15, 0.2) is 28.7 Å². The first kappa shape index (κ1) is 19.5. The highest BCUT2D eigenvalue weighted by molar-refractivity contribution is 5.78. The van der Waals surface area contributed by atoms with Crippen LogP contribution in [0.4, 0.5) is 19.2 Å². The number of fused-ring (bicyclic) bond motifs is 1. The summed E-state index contributed by atoms with van der Waals surface area (Å²) in [4.78, 5) is 10.9. The Kier molecular flexibility index (Phi) is 4.85. The Morgan fingerprint density at radius 2 is 2.03 bits per heavy atom. The summed E-state index contributed by atoms with van der Waals surface area (Å²) in [7, 11) is 1.92. The number of aromatic hydroxyl groups is 1. The van der Waals surface area contributed by atoms with Gasteiger partial charge in [0, 0.05) is 24.7 Å². The Morgan fingerprint density at radius 1 is 1.24 bits per heavy atom. The molecule has 6 nitrogen and oxygen atoms in total. The molecule has 154 valence electrons. The molecule has 1 aliphatic rings. The highest BCUT2D eigenvalue weighted by atomic mass is 19.4. The SMILES string of the molecule is CN[C@@H]1CCCN(c2nc3nc(-c4c(C)cc(C(F)(F)F)cc4O)ccc3o2)C1. The number of aromatic nitrogens is 2. The molecular weight excluding hydrogens is 385 g/mol. The lowest BCUT2D eigenvalue weighted by atomic mass is 10.0. The fourth-order valence-electron chi connectivity index (χ4n) is 3.73. The standard InChI is InChI=1S/C20H21F3N4O2/c1-11-8-12(20(21,22)23)9-15(28)17(11)14-5-6-16-18(25-14)26-19(29-16)27-7-3-4-13(10-27)24-2/h5-6,8-9,13,24,28H,3-4,7,10H2,1-2H3/t13-/m1/s1. The average molecular weight is 406 g/mol. The van der Waals surface area contributed by atoms with Crippen molar-refractivity contribution in [3.63, 3.8) is 0 Å². The van der Waals surface area contributed by atoms with Gasteiger partial charge < -0.3 is 19.7 Å². The molecule has 2 aromatic heterocycles. The van der Waals surface area contributed by atoms with E-state index in [2.05, 4.69) is 15.3 Å². The van der Waals surface area contributed by atoms with Gasteiger partial charge in [0.15, 0.2) is 5.58 Å². The number of nitrogens with zero attached hydrogens (tertiary/aromatic N) is 3. The number of phenols is 1. The molecular formula is C20H21F3N4O2. The number of nitrogens with one attached hydrogen (secondary N) is 1. The van der Waals surface area contributed by atoms with Gasteiger partial charge >= 0.3 is 6.18 Å². The third-order valence-electron chi connectivity index (χ3n) is 5.24. The topological polar surface area (TPSA) is 74.4 Å². The zero-order valence-corrected chi connectivity index (χ0v) is 16.0. The van der Waals surface area contributed by atoms with Crippen molar-refractivity contribution in [1.82, 2.24) is 15.3 Å². The van der Waals surface area contributed by atoms with Crippen molar-refractivity contribution in [3.05, 3.63) is 35.4 Å². The molecule has 1 aliphatic heterocycles. The number of oxazole rings is 1. The van der Waals surface area contributed by atoms with Crippen LogP contribution in [-0.4, -0.2) is 41.3 Å². The summed E-state index contributed by atoms with van der Waals surface area (Å²) < 4.78 is 44.7. The predicted octanol–water partition coefficient (Wildman–Crippen LogP) is 4.11. The van der Waals surface area contributed by atoms with Crippen molar-refractivity contribution < 1.29 is 22.7 Å². The van der Waals surface area contributed by atoms with E-state index < -0.39 is 17.5 Å². The first-order chi connectivity index (χ1) is 13.8. The Hall–Kier alpha value is -2.81. The number of anilines is 1. The van der Waals surface area contributed by atoms with Crippen LogP contribution >= 0.6 is 0 Å². The van der Waals surface area contributed by atoms with E-state index in [0.717, 1.165) is 32.0 Å². The number of aryl methyl sites for hydroxylation is 1. The van der Waals surface area contributed by atoms with Crippen LogP contribution in [0, 0.1) is 6.92 Å². The molecule has 1 saturated heterocycles. The summed E-state index contributed by atoms with van der Waals surface area (Å²) in [5.74, 6) is -0.471. The second-order valence-electron chi connectivity index (χ2n) is 7.27. The van der Waals surface area contributed by atoms with Crippen LogP contribution in [0.25, 0.3) is 22.5 Å². The molecule has 29 heavy (non-hydrogen) atoms. The fraction of sp³-hybridized carbons (Fsp3) is 0.400. The third kappa shape index (κ3) is 3.74. The summed E-state index contributed by atoms with van der Waals surface area (Å²) in [6.07, 6.45) is -2.43. The molecule has 9 heteroatoms. The minimum absolute atomic E-state index is 0.248. The Morgan fingerprint density at radius 3 is 2.72 bits per heavy atom. The van der Waals surface area contributed by atoms with Crippen molar-refractivity contribution in [2.24, 2.45) is 0 Å². The number of halogens is 3. The molecule has 0 bridgehead atoms. The number of hydrogen-bond donors (Lipinski definition) is 2. The van der Waals surface area contributed by atoms with Crippen LogP contribution in [0.2, 0.25) is 0 Å². The molecule has 0 amide bonds. The average Bonchev–Trinajstić information content (AvgIpc) is 3.10. The quantitative estimate of drug-likeness (QED) is 0.682. The smallest absolute Gasteiger partial charge is 0.416 e. The van der Waals surface area contributed by atoms with Crippen molar-refractivity contribution in [2.45, 2.75) is 32.0 Å². The van der Waals surface area contributed by atoms with Gasteiger partial charge in [-0.3, -0.25) is 0 Å². The highest BCUT2D eigenvalue weighted by Gasteiger charge is 2.32. The summed E-state index contributed by atoms with van der Waals surface area (Å²) in [5.41, 5.74) is 0.804. The zero-order valence-electron chi connectivity index (χ0n) is 16.0. The Bertz CT molecular complexity index is 1020. The first-order valence-electron chi connectivity index (χ1n) is 9.37. The van der Waals surface area contributed by atoms with E-state index in [1.807, 2.05) is 11.9 Å². The predicted molar refractivity (Wildman–Crippen MR) is 103 cm³/mol. The minimum atomic E-state index is -4.53. The van der Waals surface area contributed by atoms with Gasteiger partial charge in [-0.1, -0.05) is 0 Å².